The lowest BCUT2D eigenvalue weighted by Crippen LogP contribution is -2.08. The largest absolute Gasteiger partial charge is 0.487 e. The number of aromatic nitrogens is 2. The Balaban J connectivity index is 1.79. The second-order valence-electron chi connectivity index (χ2n) is 4.81. The number of fused-ring (bicyclic) bond motifs is 1. The molecule has 0 fully saturated rings. The number of nitrogens with zero attached hydrogens (tertiary/aromatic N) is 2. The van der Waals surface area contributed by atoms with Crippen molar-refractivity contribution in [1.82, 2.24) is 9.38 Å². The number of ether oxygens (including phenoxy) is 1. The molecular weight excluding hydrogens is 250 g/mol. The molecule has 0 aliphatic carbocycles. The Morgan fingerprint density at radius 3 is 2.80 bits per heavy atom. The number of imidazole rings is 1. The van der Waals surface area contributed by atoms with Gasteiger partial charge in [-0.3, -0.25) is 0 Å². The van der Waals surface area contributed by atoms with Gasteiger partial charge >= 0.3 is 0 Å². The van der Waals surface area contributed by atoms with E-state index in [-0.39, 0.29) is 6.04 Å². The van der Waals surface area contributed by atoms with Gasteiger partial charge in [-0.15, -0.1) is 0 Å². The van der Waals surface area contributed by atoms with E-state index in [1.807, 2.05) is 66.2 Å². The number of benzene rings is 1. The predicted octanol–water partition coefficient (Wildman–Crippen LogP) is 2.93. The van der Waals surface area contributed by atoms with E-state index >= 15 is 0 Å². The van der Waals surface area contributed by atoms with Gasteiger partial charge in [0, 0.05) is 24.0 Å². The summed E-state index contributed by atoms with van der Waals surface area (Å²) in [6.07, 6.45) is 3.95. The molecule has 3 rings (SSSR count). The highest BCUT2D eigenvalue weighted by Crippen LogP contribution is 2.24. The van der Waals surface area contributed by atoms with Crippen molar-refractivity contribution >= 4 is 5.65 Å². The maximum absolute atomic E-state index is 5.95. The van der Waals surface area contributed by atoms with E-state index in [2.05, 4.69) is 4.98 Å². The summed E-state index contributed by atoms with van der Waals surface area (Å²) in [5.74, 6) is 0.819. The van der Waals surface area contributed by atoms with Crippen LogP contribution in [0.2, 0.25) is 0 Å². The number of para-hydroxylation sites is 1. The maximum atomic E-state index is 5.95. The molecule has 0 bridgehead atoms. The SMILES string of the molecule is C[C@@H](N)c1ccccc1OCc1cn2ccccc2n1. The molecule has 0 aliphatic heterocycles. The fraction of sp³-hybridized carbons (Fsp3) is 0.188. The van der Waals surface area contributed by atoms with Crippen molar-refractivity contribution in [2.24, 2.45) is 5.73 Å². The quantitative estimate of drug-likeness (QED) is 0.790. The number of pyridine rings is 1. The van der Waals surface area contributed by atoms with Crippen LogP contribution in [-0.4, -0.2) is 9.38 Å². The molecule has 102 valence electrons. The first kappa shape index (κ1) is 12.7. The van der Waals surface area contributed by atoms with Crippen LogP contribution in [0.5, 0.6) is 5.75 Å². The highest BCUT2D eigenvalue weighted by Gasteiger charge is 2.08. The molecule has 4 heteroatoms. The third-order valence-corrected chi connectivity index (χ3v) is 3.20. The predicted molar refractivity (Wildman–Crippen MR) is 78.6 cm³/mol. The van der Waals surface area contributed by atoms with Crippen LogP contribution in [0.1, 0.15) is 24.2 Å². The first-order chi connectivity index (χ1) is 9.74. The fourth-order valence-corrected chi connectivity index (χ4v) is 2.20. The Morgan fingerprint density at radius 2 is 2.00 bits per heavy atom. The van der Waals surface area contributed by atoms with Crippen molar-refractivity contribution in [2.75, 3.05) is 0 Å². The average molecular weight is 267 g/mol. The van der Waals surface area contributed by atoms with Crippen molar-refractivity contribution in [3.8, 4) is 5.75 Å². The number of hydrogen-bond acceptors (Lipinski definition) is 3. The summed E-state index contributed by atoms with van der Waals surface area (Å²) in [6.45, 7) is 2.39. The van der Waals surface area contributed by atoms with Crippen molar-refractivity contribution in [2.45, 2.75) is 19.6 Å². The van der Waals surface area contributed by atoms with Crippen LogP contribution in [0.25, 0.3) is 5.65 Å². The second-order valence-corrected chi connectivity index (χ2v) is 4.81. The summed E-state index contributed by atoms with van der Waals surface area (Å²) in [5, 5.41) is 0. The van der Waals surface area contributed by atoms with E-state index in [1.54, 1.807) is 0 Å². The number of rotatable bonds is 4. The Hall–Kier alpha value is -2.33. The maximum Gasteiger partial charge on any atom is 0.137 e. The highest BCUT2D eigenvalue weighted by atomic mass is 16.5. The third-order valence-electron chi connectivity index (χ3n) is 3.20. The van der Waals surface area contributed by atoms with E-state index < -0.39 is 0 Å². The molecule has 0 saturated heterocycles. The molecule has 2 heterocycles. The molecule has 0 unspecified atom stereocenters. The monoisotopic (exact) mass is 267 g/mol. The molecule has 3 aromatic rings. The van der Waals surface area contributed by atoms with Gasteiger partial charge in [-0.25, -0.2) is 4.98 Å². The lowest BCUT2D eigenvalue weighted by molar-refractivity contribution is 0.297. The number of hydrogen-bond donors (Lipinski definition) is 1. The van der Waals surface area contributed by atoms with Crippen molar-refractivity contribution in [3.05, 3.63) is 66.1 Å². The zero-order valence-corrected chi connectivity index (χ0v) is 11.4. The summed E-state index contributed by atoms with van der Waals surface area (Å²) in [6, 6.07) is 13.7. The van der Waals surface area contributed by atoms with Crippen LogP contribution < -0.4 is 10.5 Å². The van der Waals surface area contributed by atoms with Crippen LogP contribution in [0, 0.1) is 0 Å². The first-order valence-corrected chi connectivity index (χ1v) is 6.64. The van der Waals surface area contributed by atoms with E-state index in [0.717, 1.165) is 22.7 Å². The van der Waals surface area contributed by atoms with Crippen LogP contribution in [-0.2, 0) is 6.61 Å². The molecule has 2 N–H and O–H groups in total. The molecule has 2 aromatic heterocycles. The van der Waals surface area contributed by atoms with E-state index in [9.17, 15) is 0 Å². The molecule has 0 amide bonds. The standard InChI is InChI=1S/C16H17N3O/c1-12(17)14-6-2-3-7-15(14)20-11-13-10-19-9-5-4-8-16(19)18-13/h2-10,12H,11,17H2,1H3/t12-/m1/s1. The minimum atomic E-state index is -0.0488. The zero-order chi connectivity index (χ0) is 13.9. The molecule has 0 radical (unpaired) electrons. The van der Waals surface area contributed by atoms with Crippen molar-refractivity contribution in [1.29, 1.82) is 0 Å². The van der Waals surface area contributed by atoms with Crippen molar-refractivity contribution < 1.29 is 4.74 Å². The minimum absolute atomic E-state index is 0.0488. The Kier molecular flexibility index (Phi) is 3.39. The van der Waals surface area contributed by atoms with Crippen LogP contribution >= 0.6 is 0 Å². The average Bonchev–Trinajstić information content (AvgIpc) is 2.88. The van der Waals surface area contributed by atoms with Crippen LogP contribution in [0.15, 0.2) is 54.9 Å². The van der Waals surface area contributed by atoms with Gasteiger partial charge in [-0.1, -0.05) is 24.3 Å². The Bertz CT molecular complexity index is 685. The lowest BCUT2D eigenvalue weighted by Gasteiger charge is -2.12. The van der Waals surface area contributed by atoms with Crippen LogP contribution in [0.4, 0.5) is 0 Å². The van der Waals surface area contributed by atoms with Gasteiger partial charge in [0.2, 0.25) is 0 Å². The minimum Gasteiger partial charge on any atom is -0.487 e. The topological polar surface area (TPSA) is 52.5 Å². The molecule has 0 spiro atoms. The van der Waals surface area contributed by atoms with Gasteiger partial charge in [0.1, 0.15) is 18.0 Å². The number of nitrogens with two attached hydrogens (primary N) is 1. The van der Waals surface area contributed by atoms with E-state index in [0.29, 0.717) is 6.61 Å². The third kappa shape index (κ3) is 2.51. The lowest BCUT2D eigenvalue weighted by atomic mass is 10.1. The van der Waals surface area contributed by atoms with E-state index in [4.69, 9.17) is 10.5 Å². The molecule has 0 aliphatic rings. The van der Waals surface area contributed by atoms with Gasteiger partial charge in [-0.2, -0.15) is 0 Å². The molecule has 20 heavy (non-hydrogen) atoms. The first-order valence-electron chi connectivity index (χ1n) is 6.64. The smallest absolute Gasteiger partial charge is 0.137 e. The summed E-state index contributed by atoms with van der Waals surface area (Å²) in [4.78, 5) is 4.51. The molecular formula is C16H17N3O. The highest BCUT2D eigenvalue weighted by molar-refractivity contribution is 5.39. The zero-order valence-electron chi connectivity index (χ0n) is 11.4. The van der Waals surface area contributed by atoms with Gasteiger partial charge in [0.15, 0.2) is 0 Å². The molecule has 1 aromatic carbocycles. The van der Waals surface area contributed by atoms with Gasteiger partial charge in [0.25, 0.3) is 0 Å². The van der Waals surface area contributed by atoms with Crippen molar-refractivity contribution in [3.63, 3.8) is 0 Å². The summed E-state index contributed by atoms with van der Waals surface area (Å²) in [7, 11) is 0. The Labute approximate surface area is 117 Å². The van der Waals surface area contributed by atoms with Gasteiger partial charge in [0.05, 0.1) is 5.69 Å². The Morgan fingerprint density at radius 1 is 1.20 bits per heavy atom. The molecule has 4 nitrogen and oxygen atoms in total. The van der Waals surface area contributed by atoms with E-state index in [1.165, 1.54) is 0 Å². The summed E-state index contributed by atoms with van der Waals surface area (Å²) >= 11 is 0. The van der Waals surface area contributed by atoms with Crippen LogP contribution in [0.3, 0.4) is 0 Å². The van der Waals surface area contributed by atoms with Gasteiger partial charge in [-0.05, 0) is 25.1 Å². The fourth-order valence-electron chi connectivity index (χ4n) is 2.20. The molecule has 0 saturated carbocycles. The normalized spacial score (nSPS) is 12.5. The second kappa shape index (κ2) is 5.35. The van der Waals surface area contributed by atoms with Gasteiger partial charge < -0.3 is 14.9 Å². The summed E-state index contributed by atoms with van der Waals surface area (Å²) in [5.41, 5.74) is 8.78. The molecule has 1 atom stereocenters. The summed E-state index contributed by atoms with van der Waals surface area (Å²) < 4.78 is 7.84.